The molecule has 0 heteroatoms. The first-order chi connectivity index (χ1) is 6.98. The van der Waals surface area contributed by atoms with E-state index in [1.165, 1.54) is 19.3 Å². The molecule has 2 aliphatic carbocycles. The van der Waals surface area contributed by atoms with Crippen LogP contribution in [0.5, 0.6) is 0 Å². The molecule has 2 aliphatic rings. The van der Waals surface area contributed by atoms with E-state index < -0.39 is 0 Å². The van der Waals surface area contributed by atoms with E-state index in [2.05, 4.69) is 45.9 Å². The minimum absolute atomic E-state index is 0.265. The molecule has 0 amide bonds. The fourth-order valence-corrected chi connectivity index (χ4v) is 3.12. The molecule has 0 heterocycles. The molecule has 3 atom stereocenters. The highest BCUT2D eigenvalue weighted by Gasteiger charge is 2.30. The second-order valence-electron chi connectivity index (χ2n) is 6.21. The van der Waals surface area contributed by atoms with Crippen LogP contribution in [0.25, 0.3) is 0 Å². The molecule has 0 bridgehead atoms. The Balaban J connectivity index is 2.33. The van der Waals surface area contributed by atoms with E-state index in [0.29, 0.717) is 0 Å². The van der Waals surface area contributed by atoms with Gasteiger partial charge in [-0.1, -0.05) is 51.5 Å². The van der Waals surface area contributed by atoms with Crippen molar-refractivity contribution in [3.05, 3.63) is 23.8 Å². The predicted octanol–water partition coefficient (Wildman–Crippen LogP) is 4.58. The van der Waals surface area contributed by atoms with Crippen LogP contribution in [0.2, 0.25) is 0 Å². The van der Waals surface area contributed by atoms with Gasteiger partial charge in [-0.3, -0.25) is 0 Å². The average molecular weight is 204 g/mol. The summed E-state index contributed by atoms with van der Waals surface area (Å²) in [7, 11) is 0. The van der Waals surface area contributed by atoms with Crippen LogP contribution in [-0.4, -0.2) is 0 Å². The molecule has 1 fully saturated rings. The fourth-order valence-electron chi connectivity index (χ4n) is 3.12. The largest absolute Gasteiger partial charge is 0.0848 e. The molecule has 0 aliphatic heterocycles. The Hall–Kier alpha value is -0.520. The van der Waals surface area contributed by atoms with Crippen molar-refractivity contribution in [2.24, 2.45) is 23.2 Å². The number of fused-ring (bicyclic) bond motifs is 1. The minimum atomic E-state index is 0.265. The molecule has 0 aromatic heterocycles. The molecule has 2 rings (SSSR count). The van der Waals surface area contributed by atoms with Crippen molar-refractivity contribution >= 4 is 0 Å². The molecule has 0 saturated heterocycles. The number of hydrogen-bond donors (Lipinski definition) is 0. The lowest BCUT2D eigenvalue weighted by Gasteiger charge is -2.26. The Labute approximate surface area is 94.5 Å². The van der Waals surface area contributed by atoms with Gasteiger partial charge in [-0.2, -0.15) is 0 Å². The van der Waals surface area contributed by atoms with Gasteiger partial charge in [0, 0.05) is 5.41 Å². The van der Waals surface area contributed by atoms with Gasteiger partial charge in [-0.15, -0.1) is 0 Å². The maximum absolute atomic E-state index is 2.54. The zero-order valence-electron chi connectivity index (χ0n) is 10.6. The first kappa shape index (κ1) is 11.0. The molecule has 0 aromatic rings. The van der Waals surface area contributed by atoms with Crippen LogP contribution in [0.1, 0.15) is 47.0 Å². The van der Waals surface area contributed by atoms with E-state index in [1.54, 1.807) is 5.57 Å². The molecular weight excluding hydrogens is 180 g/mol. The van der Waals surface area contributed by atoms with Crippen molar-refractivity contribution < 1.29 is 0 Å². The summed E-state index contributed by atoms with van der Waals surface area (Å²) in [6.07, 6.45) is 11.5. The second-order valence-corrected chi connectivity index (χ2v) is 6.21. The van der Waals surface area contributed by atoms with Crippen molar-refractivity contribution in [2.45, 2.75) is 47.0 Å². The van der Waals surface area contributed by atoms with Crippen molar-refractivity contribution in [1.29, 1.82) is 0 Å². The Morgan fingerprint density at radius 1 is 1.20 bits per heavy atom. The van der Waals surface area contributed by atoms with E-state index in [4.69, 9.17) is 0 Å². The highest BCUT2D eigenvalue weighted by atomic mass is 14.4. The SMILES string of the molecule is CC1/C=C\C(C)(C)/C=C2\[C@@H](CC[C@@H]2C)C1. The van der Waals surface area contributed by atoms with Gasteiger partial charge >= 0.3 is 0 Å². The molecule has 0 N–H and O–H groups in total. The van der Waals surface area contributed by atoms with Gasteiger partial charge in [0.25, 0.3) is 0 Å². The van der Waals surface area contributed by atoms with Crippen LogP contribution in [0.15, 0.2) is 23.8 Å². The lowest BCUT2D eigenvalue weighted by molar-refractivity contribution is 0.473. The molecule has 0 aromatic carbocycles. The molecule has 1 saturated carbocycles. The van der Waals surface area contributed by atoms with Crippen LogP contribution >= 0.6 is 0 Å². The van der Waals surface area contributed by atoms with Gasteiger partial charge in [0.15, 0.2) is 0 Å². The molecular formula is C15H24. The lowest BCUT2D eigenvalue weighted by atomic mass is 9.79. The Morgan fingerprint density at radius 2 is 1.93 bits per heavy atom. The Bertz CT molecular complexity index is 293. The van der Waals surface area contributed by atoms with Gasteiger partial charge in [-0.05, 0) is 37.0 Å². The number of allylic oxidation sites excluding steroid dienone is 4. The highest BCUT2D eigenvalue weighted by Crippen LogP contribution is 2.43. The summed E-state index contributed by atoms with van der Waals surface area (Å²) in [5.74, 6) is 2.45. The van der Waals surface area contributed by atoms with Crippen LogP contribution in [-0.2, 0) is 0 Å². The third-order valence-corrected chi connectivity index (χ3v) is 4.04. The zero-order chi connectivity index (χ0) is 11.1. The molecule has 15 heavy (non-hydrogen) atoms. The van der Waals surface area contributed by atoms with Crippen LogP contribution < -0.4 is 0 Å². The monoisotopic (exact) mass is 204 g/mol. The topological polar surface area (TPSA) is 0 Å². The smallest absolute Gasteiger partial charge is 0.000738 e. The van der Waals surface area contributed by atoms with E-state index in [1.807, 2.05) is 0 Å². The van der Waals surface area contributed by atoms with Gasteiger partial charge < -0.3 is 0 Å². The van der Waals surface area contributed by atoms with Crippen LogP contribution in [0.3, 0.4) is 0 Å². The molecule has 0 nitrogen and oxygen atoms in total. The summed E-state index contributed by atoms with van der Waals surface area (Å²) in [4.78, 5) is 0. The number of hydrogen-bond acceptors (Lipinski definition) is 0. The summed E-state index contributed by atoms with van der Waals surface area (Å²) in [6, 6.07) is 0. The van der Waals surface area contributed by atoms with Gasteiger partial charge in [0.05, 0.1) is 0 Å². The van der Waals surface area contributed by atoms with Gasteiger partial charge in [0.1, 0.15) is 0 Å². The third-order valence-electron chi connectivity index (χ3n) is 4.04. The first-order valence-electron chi connectivity index (χ1n) is 6.40. The fraction of sp³-hybridized carbons (Fsp3) is 0.733. The van der Waals surface area contributed by atoms with E-state index in [9.17, 15) is 0 Å². The second kappa shape index (κ2) is 3.81. The Morgan fingerprint density at radius 3 is 2.67 bits per heavy atom. The molecule has 84 valence electrons. The van der Waals surface area contributed by atoms with Crippen LogP contribution in [0.4, 0.5) is 0 Å². The minimum Gasteiger partial charge on any atom is -0.0848 e. The van der Waals surface area contributed by atoms with Crippen molar-refractivity contribution in [3.63, 3.8) is 0 Å². The van der Waals surface area contributed by atoms with Crippen LogP contribution in [0, 0.1) is 23.2 Å². The first-order valence-corrected chi connectivity index (χ1v) is 6.40. The summed E-state index contributed by atoms with van der Waals surface area (Å²) in [6.45, 7) is 9.42. The normalized spacial score (nSPS) is 44.8. The summed E-state index contributed by atoms with van der Waals surface area (Å²) < 4.78 is 0. The average Bonchev–Trinajstić information content (AvgIpc) is 2.44. The maximum atomic E-state index is 2.54. The lowest BCUT2D eigenvalue weighted by Crippen LogP contribution is -2.14. The molecule has 0 radical (unpaired) electrons. The number of rotatable bonds is 0. The van der Waals surface area contributed by atoms with Gasteiger partial charge in [-0.25, -0.2) is 0 Å². The van der Waals surface area contributed by atoms with E-state index in [-0.39, 0.29) is 5.41 Å². The molecule has 1 unspecified atom stereocenters. The standard InChI is InChI=1S/C15H24/c1-11-7-8-15(3,4)10-14-12(2)5-6-13(14)9-11/h7-8,10-13H,5-6,9H2,1-4H3/b8-7-,14-10-/t11?,12-,13-/m0/s1. The van der Waals surface area contributed by atoms with Gasteiger partial charge in [0.2, 0.25) is 0 Å². The van der Waals surface area contributed by atoms with E-state index in [0.717, 1.165) is 17.8 Å². The Kier molecular flexibility index (Phi) is 2.79. The molecule has 0 spiro atoms. The maximum Gasteiger partial charge on any atom is 0.000738 e. The van der Waals surface area contributed by atoms with E-state index >= 15 is 0 Å². The summed E-state index contributed by atoms with van der Waals surface area (Å²) in [5, 5.41) is 0. The predicted molar refractivity (Wildman–Crippen MR) is 66.7 cm³/mol. The zero-order valence-corrected chi connectivity index (χ0v) is 10.6. The van der Waals surface area contributed by atoms with Crippen molar-refractivity contribution in [2.75, 3.05) is 0 Å². The van der Waals surface area contributed by atoms with Crippen molar-refractivity contribution in [1.82, 2.24) is 0 Å². The van der Waals surface area contributed by atoms with Crippen molar-refractivity contribution in [3.8, 4) is 0 Å². The quantitative estimate of drug-likeness (QED) is 0.507. The third kappa shape index (κ3) is 2.35. The highest BCUT2D eigenvalue weighted by molar-refractivity contribution is 5.23. The summed E-state index contributed by atoms with van der Waals surface area (Å²) in [5.41, 5.74) is 2.01. The summed E-state index contributed by atoms with van der Waals surface area (Å²) >= 11 is 0.